The maximum atomic E-state index is 12.1. The van der Waals surface area contributed by atoms with Crippen molar-refractivity contribution in [2.24, 2.45) is 0 Å². The highest BCUT2D eigenvalue weighted by atomic mass is 16.5. The molecule has 0 saturated heterocycles. The van der Waals surface area contributed by atoms with Gasteiger partial charge in [-0.1, -0.05) is 24.3 Å². The van der Waals surface area contributed by atoms with Gasteiger partial charge in [-0.15, -0.1) is 0 Å². The van der Waals surface area contributed by atoms with Crippen LogP contribution in [0.5, 0.6) is 5.75 Å². The molecule has 1 unspecified atom stereocenters. The van der Waals surface area contributed by atoms with Crippen LogP contribution in [0.4, 0.5) is 5.69 Å². The van der Waals surface area contributed by atoms with E-state index in [2.05, 4.69) is 10.6 Å². The number of hydrogen-bond acceptors (Lipinski definition) is 4. The maximum Gasteiger partial charge on any atom is 0.225 e. The minimum absolute atomic E-state index is 0.0180. The SMILES string of the molecule is COc1ccc(NC(=O)CC(C)NCc2ccccc2CO)cc1. The molecular formula is C19H24N2O3. The van der Waals surface area contributed by atoms with Crippen molar-refractivity contribution in [3.63, 3.8) is 0 Å². The van der Waals surface area contributed by atoms with Gasteiger partial charge in [0.2, 0.25) is 5.91 Å². The van der Waals surface area contributed by atoms with Crippen LogP contribution in [-0.2, 0) is 17.9 Å². The summed E-state index contributed by atoms with van der Waals surface area (Å²) in [7, 11) is 1.61. The molecule has 2 aromatic carbocycles. The zero-order valence-electron chi connectivity index (χ0n) is 14.1. The van der Waals surface area contributed by atoms with E-state index in [4.69, 9.17) is 4.74 Å². The van der Waals surface area contributed by atoms with Crippen LogP contribution in [0.2, 0.25) is 0 Å². The lowest BCUT2D eigenvalue weighted by Crippen LogP contribution is -2.30. The number of rotatable bonds is 8. The summed E-state index contributed by atoms with van der Waals surface area (Å²) < 4.78 is 5.09. The van der Waals surface area contributed by atoms with Gasteiger partial charge in [0.1, 0.15) is 5.75 Å². The van der Waals surface area contributed by atoms with Gasteiger partial charge in [-0.2, -0.15) is 0 Å². The Balaban J connectivity index is 1.80. The number of carbonyl (C=O) groups excluding carboxylic acids is 1. The lowest BCUT2D eigenvalue weighted by atomic mass is 10.1. The lowest BCUT2D eigenvalue weighted by Gasteiger charge is -2.15. The molecule has 0 heterocycles. The molecule has 0 fully saturated rings. The number of aliphatic hydroxyl groups is 1. The summed E-state index contributed by atoms with van der Waals surface area (Å²) in [5.41, 5.74) is 2.70. The molecule has 0 aromatic heterocycles. The van der Waals surface area contributed by atoms with Crippen molar-refractivity contribution in [2.75, 3.05) is 12.4 Å². The highest BCUT2D eigenvalue weighted by Gasteiger charge is 2.10. The second kappa shape index (κ2) is 9.05. The Labute approximate surface area is 142 Å². The number of aliphatic hydroxyl groups excluding tert-OH is 1. The number of carbonyl (C=O) groups is 1. The summed E-state index contributed by atoms with van der Waals surface area (Å²) in [6.07, 6.45) is 0.368. The van der Waals surface area contributed by atoms with E-state index in [0.717, 1.165) is 22.6 Å². The Morgan fingerprint density at radius 1 is 1.12 bits per heavy atom. The van der Waals surface area contributed by atoms with Crippen LogP contribution < -0.4 is 15.4 Å². The molecule has 0 aliphatic heterocycles. The van der Waals surface area contributed by atoms with Crippen molar-refractivity contribution in [3.8, 4) is 5.75 Å². The number of ether oxygens (including phenoxy) is 1. The van der Waals surface area contributed by atoms with E-state index >= 15 is 0 Å². The van der Waals surface area contributed by atoms with Crippen LogP contribution in [0.15, 0.2) is 48.5 Å². The van der Waals surface area contributed by atoms with Gasteiger partial charge < -0.3 is 20.5 Å². The number of amides is 1. The van der Waals surface area contributed by atoms with Gasteiger partial charge in [-0.05, 0) is 42.3 Å². The van der Waals surface area contributed by atoms with Crippen molar-refractivity contribution in [1.29, 1.82) is 0 Å². The topological polar surface area (TPSA) is 70.6 Å². The lowest BCUT2D eigenvalue weighted by molar-refractivity contribution is -0.116. The minimum atomic E-state index is -0.0457. The summed E-state index contributed by atoms with van der Waals surface area (Å²) in [4.78, 5) is 12.1. The second-order valence-corrected chi connectivity index (χ2v) is 5.69. The van der Waals surface area contributed by atoms with E-state index in [1.807, 2.05) is 55.5 Å². The first kappa shape index (κ1) is 18.0. The van der Waals surface area contributed by atoms with Gasteiger partial charge in [-0.25, -0.2) is 0 Å². The fraction of sp³-hybridized carbons (Fsp3) is 0.316. The molecule has 0 aliphatic rings. The van der Waals surface area contributed by atoms with Crippen LogP contribution in [0.3, 0.4) is 0 Å². The predicted octanol–water partition coefficient (Wildman–Crippen LogP) is 2.69. The smallest absolute Gasteiger partial charge is 0.225 e. The summed E-state index contributed by atoms with van der Waals surface area (Å²) in [5.74, 6) is 0.709. The number of methoxy groups -OCH3 is 1. The van der Waals surface area contributed by atoms with Gasteiger partial charge in [0.15, 0.2) is 0 Å². The van der Waals surface area contributed by atoms with E-state index in [9.17, 15) is 9.90 Å². The monoisotopic (exact) mass is 328 g/mol. The van der Waals surface area contributed by atoms with Gasteiger partial charge in [0.25, 0.3) is 0 Å². The predicted molar refractivity (Wildman–Crippen MR) is 94.9 cm³/mol. The normalized spacial score (nSPS) is 11.8. The number of nitrogens with one attached hydrogen (secondary N) is 2. The zero-order valence-corrected chi connectivity index (χ0v) is 14.1. The van der Waals surface area contributed by atoms with E-state index in [1.165, 1.54) is 0 Å². The molecule has 0 bridgehead atoms. The van der Waals surface area contributed by atoms with Gasteiger partial charge in [0.05, 0.1) is 13.7 Å². The van der Waals surface area contributed by atoms with Crippen molar-refractivity contribution in [1.82, 2.24) is 5.32 Å². The average Bonchev–Trinajstić information content (AvgIpc) is 2.60. The summed E-state index contributed by atoms with van der Waals surface area (Å²) in [6, 6.07) is 15.0. The Morgan fingerprint density at radius 3 is 2.42 bits per heavy atom. The van der Waals surface area contributed by atoms with Crippen LogP contribution in [0.25, 0.3) is 0 Å². The Morgan fingerprint density at radius 2 is 1.79 bits per heavy atom. The quantitative estimate of drug-likeness (QED) is 0.697. The van der Waals surface area contributed by atoms with Crippen molar-refractivity contribution in [3.05, 3.63) is 59.7 Å². The third kappa shape index (κ3) is 5.37. The van der Waals surface area contributed by atoms with Crippen LogP contribution in [0, 0.1) is 0 Å². The largest absolute Gasteiger partial charge is 0.497 e. The summed E-state index contributed by atoms with van der Waals surface area (Å²) in [6.45, 7) is 2.60. The molecular weight excluding hydrogens is 304 g/mol. The zero-order chi connectivity index (χ0) is 17.4. The number of benzene rings is 2. The van der Waals surface area contributed by atoms with Crippen molar-refractivity contribution >= 4 is 11.6 Å². The molecule has 5 nitrogen and oxygen atoms in total. The van der Waals surface area contributed by atoms with Crippen LogP contribution in [-0.4, -0.2) is 24.2 Å². The Kier molecular flexibility index (Phi) is 6.78. The van der Waals surface area contributed by atoms with Gasteiger partial charge in [0, 0.05) is 24.7 Å². The molecule has 2 aromatic rings. The molecule has 5 heteroatoms. The average molecular weight is 328 g/mol. The van der Waals surface area contributed by atoms with Crippen LogP contribution >= 0.6 is 0 Å². The molecule has 2 rings (SSSR count). The van der Waals surface area contributed by atoms with E-state index < -0.39 is 0 Å². The summed E-state index contributed by atoms with van der Waals surface area (Å²) >= 11 is 0. The molecule has 3 N–H and O–H groups in total. The first-order chi connectivity index (χ1) is 11.6. The summed E-state index contributed by atoms with van der Waals surface area (Å²) in [5, 5.41) is 15.5. The van der Waals surface area contributed by atoms with Crippen molar-refractivity contribution in [2.45, 2.75) is 32.5 Å². The fourth-order valence-corrected chi connectivity index (χ4v) is 2.41. The standard InChI is InChI=1S/C19H24N2O3/c1-14(20-12-15-5-3-4-6-16(15)13-22)11-19(23)21-17-7-9-18(24-2)10-8-17/h3-10,14,20,22H,11-13H2,1-2H3,(H,21,23). The highest BCUT2D eigenvalue weighted by molar-refractivity contribution is 5.91. The van der Waals surface area contributed by atoms with Gasteiger partial charge >= 0.3 is 0 Å². The van der Waals surface area contributed by atoms with Crippen molar-refractivity contribution < 1.29 is 14.6 Å². The molecule has 0 spiro atoms. The third-order valence-corrected chi connectivity index (χ3v) is 3.80. The molecule has 0 aliphatic carbocycles. The van der Waals surface area contributed by atoms with E-state index in [1.54, 1.807) is 7.11 Å². The molecule has 1 atom stereocenters. The number of anilines is 1. The van der Waals surface area contributed by atoms with E-state index in [0.29, 0.717) is 13.0 Å². The minimum Gasteiger partial charge on any atom is -0.497 e. The second-order valence-electron chi connectivity index (χ2n) is 5.69. The molecule has 1 amide bonds. The highest BCUT2D eigenvalue weighted by Crippen LogP contribution is 2.15. The fourth-order valence-electron chi connectivity index (χ4n) is 2.41. The van der Waals surface area contributed by atoms with Gasteiger partial charge in [-0.3, -0.25) is 4.79 Å². The molecule has 0 saturated carbocycles. The Bertz CT molecular complexity index is 656. The third-order valence-electron chi connectivity index (χ3n) is 3.80. The first-order valence-corrected chi connectivity index (χ1v) is 7.97. The van der Waals surface area contributed by atoms with Crippen LogP contribution in [0.1, 0.15) is 24.5 Å². The van der Waals surface area contributed by atoms with E-state index in [-0.39, 0.29) is 18.6 Å². The first-order valence-electron chi connectivity index (χ1n) is 7.97. The number of hydrogen-bond donors (Lipinski definition) is 3. The Hall–Kier alpha value is -2.37. The molecule has 128 valence electrons. The maximum absolute atomic E-state index is 12.1. The molecule has 24 heavy (non-hydrogen) atoms. The molecule has 0 radical (unpaired) electrons.